The molecule has 0 unspecified atom stereocenters. The molecule has 0 aliphatic rings. The molecular weight excluding hydrogens is 264 g/mol. The SMILES string of the molecule is CCCOCCCOCCCCc1ccc(C(C)=O)cc1. The van der Waals surface area contributed by atoms with Crippen molar-refractivity contribution in [2.24, 2.45) is 0 Å². The van der Waals surface area contributed by atoms with E-state index in [0.717, 1.165) is 64.1 Å². The van der Waals surface area contributed by atoms with Crippen molar-refractivity contribution in [2.75, 3.05) is 26.4 Å². The van der Waals surface area contributed by atoms with Crippen LogP contribution in [-0.2, 0) is 15.9 Å². The van der Waals surface area contributed by atoms with Crippen molar-refractivity contribution >= 4 is 5.78 Å². The smallest absolute Gasteiger partial charge is 0.159 e. The molecule has 0 bridgehead atoms. The van der Waals surface area contributed by atoms with E-state index < -0.39 is 0 Å². The van der Waals surface area contributed by atoms with Crippen molar-refractivity contribution in [2.45, 2.75) is 46.0 Å². The van der Waals surface area contributed by atoms with E-state index in [1.807, 2.05) is 24.3 Å². The van der Waals surface area contributed by atoms with E-state index in [1.54, 1.807) is 6.92 Å². The molecule has 0 fully saturated rings. The molecule has 0 N–H and O–H groups in total. The summed E-state index contributed by atoms with van der Waals surface area (Å²) in [5.74, 6) is 0.123. The highest BCUT2D eigenvalue weighted by Gasteiger charge is 1.99. The summed E-state index contributed by atoms with van der Waals surface area (Å²) in [6.45, 7) is 6.97. The van der Waals surface area contributed by atoms with E-state index in [-0.39, 0.29) is 5.78 Å². The van der Waals surface area contributed by atoms with Crippen molar-refractivity contribution < 1.29 is 14.3 Å². The van der Waals surface area contributed by atoms with Gasteiger partial charge in [-0.3, -0.25) is 4.79 Å². The van der Waals surface area contributed by atoms with Gasteiger partial charge in [-0.1, -0.05) is 31.2 Å². The van der Waals surface area contributed by atoms with Crippen LogP contribution in [0.5, 0.6) is 0 Å². The Bertz CT molecular complexity index is 384. The maximum Gasteiger partial charge on any atom is 0.159 e. The number of ketones is 1. The maximum absolute atomic E-state index is 11.2. The number of ether oxygens (including phenoxy) is 2. The van der Waals surface area contributed by atoms with Crippen LogP contribution in [0.4, 0.5) is 0 Å². The van der Waals surface area contributed by atoms with Crippen LogP contribution >= 0.6 is 0 Å². The minimum atomic E-state index is 0.123. The Morgan fingerprint density at radius 1 is 0.905 bits per heavy atom. The molecule has 0 aromatic heterocycles. The summed E-state index contributed by atoms with van der Waals surface area (Å²) < 4.78 is 11.0. The summed E-state index contributed by atoms with van der Waals surface area (Å²) in [6.07, 6.45) is 5.29. The Labute approximate surface area is 128 Å². The predicted molar refractivity (Wildman–Crippen MR) is 85.9 cm³/mol. The van der Waals surface area contributed by atoms with Crippen molar-refractivity contribution in [3.8, 4) is 0 Å². The zero-order valence-electron chi connectivity index (χ0n) is 13.4. The van der Waals surface area contributed by atoms with Gasteiger partial charge in [-0.2, -0.15) is 0 Å². The van der Waals surface area contributed by atoms with Gasteiger partial charge in [-0.25, -0.2) is 0 Å². The van der Waals surface area contributed by atoms with Crippen molar-refractivity contribution in [1.82, 2.24) is 0 Å². The highest BCUT2D eigenvalue weighted by molar-refractivity contribution is 5.93. The Morgan fingerprint density at radius 2 is 1.52 bits per heavy atom. The van der Waals surface area contributed by atoms with E-state index in [4.69, 9.17) is 9.47 Å². The maximum atomic E-state index is 11.2. The summed E-state index contributed by atoms with van der Waals surface area (Å²) >= 11 is 0. The lowest BCUT2D eigenvalue weighted by Crippen LogP contribution is -2.03. The van der Waals surface area contributed by atoms with Crippen LogP contribution < -0.4 is 0 Å². The zero-order valence-corrected chi connectivity index (χ0v) is 13.4. The zero-order chi connectivity index (χ0) is 15.3. The van der Waals surface area contributed by atoms with Gasteiger partial charge in [-0.05, 0) is 44.6 Å². The molecule has 1 aromatic carbocycles. The normalized spacial score (nSPS) is 10.8. The molecule has 0 saturated heterocycles. The van der Waals surface area contributed by atoms with Crippen LogP contribution in [0.1, 0.15) is 55.5 Å². The van der Waals surface area contributed by atoms with Crippen molar-refractivity contribution in [1.29, 1.82) is 0 Å². The molecule has 0 spiro atoms. The first kappa shape index (κ1) is 17.9. The third-order valence-corrected chi connectivity index (χ3v) is 3.29. The van der Waals surface area contributed by atoms with Gasteiger partial charge < -0.3 is 9.47 Å². The van der Waals surface area contributed by atoms with Crippen LogP contribution in [0.15, 0.2) is 24.3 Å². The van der Waals surface area contributed by atoms with Gasteiger partial charge in [0.2, 0.25) is 0 Å². The molecule has 3 heteroatoms. The third kappa shape index (κ3) is 8.64. The molecular formula is C18H28O3. The minimum absolute atomic E-state index is 0.123. The van der Waals surface area contributed by atoms with Crippen LogP contribution in [0.3, 0.4) is 0 Å². The van der Waals surface area contributed by atoms with Crippen LogP contribution in [0.25, 0.3) is 0 Å². The monoisotopic (exact) mass is 292 g/mol. The summed E-state index contributed by atoms with van der Waals surface area (Å²) in [5, 5.41) is 0. The number of hydrogen-bond acceptors (Lipinski definition) is 3. The summed E-state index contributed by atoms with van der Waals surface area (Å²) in [6, 6.07) is 7.90. The van der Waals surface area contributed by atoms with E-state index in [9.17, 15) is 4.79 Å². The quantitative estimate of drug-likeness (QED) is 0.431. The van der Waals surface area contributed by atoms with Gasteiger partial charge in [0.05, 0.1) is 0 Å². The molecule has 0 radical (unpaired) electrons. The van der Waals surface area contributed by atoms with E-state index in [1.165, 1.54) is 5.56 Å². The van der Waals surface area contributed by atoms with Crippen molar-refractivity contribution in [3.05, 3.63) is 35.4 Å². The minimum Gasteiger partial charge on any atom is -0.381 e. The summed E-state index contributed by atoms with van der Waals surface area (Å²) in [4.78, 5) is 11.2. The van der Waals surface area contributed by atoms with Gasteiger partial charge in [0, 0.05) is 32.0 Å². The largest absolute Gasteiger partial charge is 0.381 e. The molecule has 0 saturated carbocycles. The molecule has 0 amide bonds. The first-order valence-electron chi connectivity index (χ1n) is 7.99. The number of benzene rings is 1. The van der Waals surface area contributed by atoms with Gasteiger partial charge in [0.25, 0.3) is 0 Å². The van der Waals surface area contributed by atoms with Crippen LogP contribution in [0, 0.1) is 0 Å². The fraction of sp³-hybridized carbons (Fsp3) is 0.611. The molecule has 0 heterocycles. The van der Waals surface area contributed by atoms with E-state index >= 15 is 0 Å². The third-order valence-electron chi connectivity index (χ3n) is 3.29. The molecule has 0 atom stereocenters. The lowest BCUT2D eigenvalue weighted by molar-refractivity contribution is 0.0815. The summed E-state index contributed by atoms with van der Waals surface area (Å²) in [5.41, 5.74) is 2.07. The fourth-order valence-electron chi connectivity index (χ4n) is 2.05. The molecule has 21 heavy (non-hydrogen) atoms. The number of Topliss-reactive ketones (excluding diaryl/α,β-unsaturated/α-hetero) is 1. The molecule has 3 nitrogen and oxygen atoms in total. The van der Waals surface area contributed by atoms with E-state index in [0.29, 0.717) is 0 Å². The number of rotatable bonds is 12. The molecule has 0 aliphatic heterocycles. The molecule has 1 rings (SSSR count). The molecule has 0 aliphatic carbocycles. The lowest BCUT2D eigenvalue weighted by atomic mass is 10.0. The topological polar surface area (TPSA) is 35.5 Å². The molecule has 118 valence electrons. The average molecular weight is 292 g/mol. The average Bonchev–Trinajstić information content (AvgIpc) is 2.49. The Kier molecular flexibility index (Phi) is 9.75. The van der Waals surface area contributed by atoms with Gasteiger partial charge in [-0.15, -0.1) is 0 Å². The van der Waals surface area contributed by atoms with Crippen LogP contribution in [0.2, 0.25) is 0 Å². The highest BCUT2D eigenvalue weighted by atomic mass is 16.5. The predicted octanol–water partition coefficient (Wildman–Crippen LogP) is 4.05. The first-order valence-corrected chi connectivity index (χ1v) is 7.99. The number of carbonyl (C=O) groups is 1. The fourth-order valence-corrected chi connectivity index (χ4v) is 2.05. The number of hydrogen-bond donors (Lipinski definition) is 0. The second-order valence-corrected chi connectivity index (χ2v) is 5.29. The van der Waals surface area contributed by atoms with Crippen molar-refractivity contribution in [3.63, 3.8) is 0 Å². The van der Waals surface area contributed by atoms with Gasteiger partial charge in [0.1, 0.15) is 0 Å². The van der Waals surface area contributed by atoms with Gasteiger partial charge in [0.15, 0.2) is 5.78 Å². The second-order valence-electron chi connectivity index (χ2n) is 5.29. The summed E-state index contributed by atoms with van der Waals surface area (Å²) in [7, 11) is 0. The number of unbranched alkanes of at least 4 members (excludes halogenated alkanes) is 1. The van der Waals surface area contributed by atoms with Crippen LogP contribution in [-0.4, -0.2) is 32.2 Å². The second kappa shape index (κ2) is 11.5. The Morgan fingerprint density at radius 3 is 2.14 bits per heavy atom. The number of aryl methyl sites for hydroxylation is 1. The molecule has 1 aromatic rings. The Hall–Kier alpha value is -1.19. The first-order chi connectivity index (χ1) is 10.2. The highest BCUT2D eigenvalue weighted by Crippen LogP contribution is 2.08. The Balaban J connectivity index is 1.98. The standard InChI is InChI=1S/C18H28O3/c1-3-12-20-14-6-15-21-13-5-4-7-17-8-10-18(11-9-17)16(2)19/h8-11H,3-7,12-15H2,1-2H3. The number of carbonyl (C=O) groups excluding carboxylic acids is 1. The lowest BCUT2D eigenvalue weighted by Gasteiger charge is -2.05. The van der Waals surface area contributed by atoms with Gasteiger partial charge >= 0.3 is 0 Å². The van der Waals surface area contributed by atoms with E-state index in [2.05, 4.69) is 6.92 Å².